The van der Waals surface area contributed by atoms with E-state index in [0.29, 0.717) is 16.1 Å². The molecule has 0 spiro atoms. The number of hydrogen-bond acceptors (Lipinski definition) is 6. The van der Waals surface area contributed by atoms with Crippen molar-refractivity contribution in [2.45, 2.75) is 5.22 Å². The van der Waals surface area contributed by atoms with Gasteiger partial charge in [-0.3, -0.25) is 0 Å². The molecule has 0 aliphatic carbocycles. The van der Waals surface area contributed by atoms with Crippen LogP contribution in [0.5, 0.6) is 0 Å². The summed E-state index contributed by atoms with van der Waals surface area (Å²) in [6.45, 7) is 0. The molecule has 1 heterocycles. The van der Waals surface area contributed by atoms with Gasteiger partial charge in [-0.25, -0.2) is 4.39 Å². The lowest BCUT2D eigenvalue weighted by Gasteiger charge is -2.05. The Morgan fingerprint density at radius 2 is 1.88 bits per heavy atom. The number of aliphatic carboxylic acids is 1. The van der Waals surface area contributed by atoms with Crippen molar-refractivity contribution in [3.8, 4) is 11.5 Å². The molecule has 126 valence electrons. The van der Waals surface area contributed by atoms with Gasteiger partial charge in [0.25, 0.3) is 5.22 Å². The highest BCUT2D eigenvalue weighted by Crippen LogP contribution is 2.32. The minimum absolute atomic E-state index is 0.0208. The fourth-order valence-corrected chi connectivity index (χ4v) is 2.81. The largest absolute Gasteiger partial charge is 0.544 e. The topological polar surface area (TPSA) is 79.0 Å². The Morgan fingerprint density at radius 3 is 2.56 bits per heavy atom. The second-order valence-corrected chi connectivity index (χ2v) is 6.20. The predicted octanol–water partition coefficient (Wildman–Crippen LogP) is 3.41. The minimum atomic E-state index is -1.41. The van der Waals surface area contributed by atoms with Gasteiger partial charge in [0.15, 0.2) is 0 Å². The van der Waals surface area contributed by atoms with Gasteiger partial charge < -0.3 is 14.3 Å². The maximum absolute atomic E-state index is 12.9. The standard InChI is InChI=1S/C17H10ClFN2O3S/c18-13-4-2-1-3-12(13)15-20-21-17(24-15)25-14(16(22)23)9-10-5-7-11(19)8-6-10/h1-9H,(H,22,23)/p-1/b14-9+. The van der Waals surface area contributed by atoms with E-state index in [1.807, 2.05) is 0 Å². The number of nitrogens with zero attached hydrogens (tertiary/aromatic N) is 2. The fraction of sp³-hybridized carbons (Fsp3) is 0. The van der Waals surface area contributed by atoms with Crippen LogP contribution in [0.2, 0.25) is 5.02 Å². The molecule has 8 heteroatoms. The molecule has 3 aromatic rings. The summed E-state index contributed by atoms with van der Waals surface area (Å²) in [7, 11) is 0. The number of carboxylic acid groups (broad SMARTS) is 1. The average molecular weight is 376 g/mol. The number of carboxylic acids is 1. The normalized spacial score (nSPS) is 11.5. The Kier molecular flexibility index (Phi) is 5.16. The Morgan fingerprint density at radius 1 is 1.16 bits per heavy atom. The van der Waals surface area contributed by atoms with Crippen LogP contribution in [0.4, 0.5) is 4.39 Å². The lowest BCUT2D eigenvalue weighted by Crippen LogP contribution is -2.23. The molecule has 3 rings (SSSR count). The molecule has 25 heavy (non-hydrogen) atoms. The highest BCUT2D eigenvalue weighted by molar-refractivity contribution is 8.03. The van der Waals surface area contributed by atoms with Crippen molar-refractivity contribution in [1.29, 1.82) is 0 Å². The molecule has 0 unspecified atom stereocenters. The Hall–Kier alpha value is -2.64. The van der Waals surface area contributed by atoms with E-state index in [2.05, 4.69) is 10.2 Å². The number of benzene rings is 2. The van der Waals surface area contributed by atoms with Crippen LogP contribution in [-0.4, -0.2) is 16.2 Å². The molecule has 0 aliphatic heterocycles. The Balaban J connectivity index is 1.85. The number of rotatable bonds is 5. The van der Waals surface area contributed by atoms with E-state index in [1.165, 1.54) is 30.3 Å². The van der Waals surface area contributed by atoms with E-state index in [4.69, 9.17) is 16.0 Å². The fourth-order valence-electron chi connectivity index (χ4n) is 1.93. The van der Waals surface area contributed by atoms with Crippen LogP contribution in [0.25, 0.3) is 17.5 Å². The van der Waals surface area contributed by atoms with Gasteiger partial charge in [0.1, 0.15) is 5.82 Å². The molecule has 0 amide bonds. The lowest BCUT2D eigenvalue weighted by molar-refractivity contribution is -0.298. The van der Waals surface area contributed by atoms with Crippen LogP contribution in [0.15, 0.2) is 63.1 Å². The van der Waals surface area contributed by atoms with E-state index >= 15 is 0 Å². The maximum atomic E-state index is 12.9. The summed E-state index contributed by atoms with van der Waals surface area (Å²) in [5.74, 6) is -1.65. The van der Waals surface area contributed by atoms with Crippen molar-refractivity contribution in [3.63, 3.8) is 0 Å². The van der Waals surface area contributed by atoms with Crippen LogP contribution in [-0.2, 0) is 4.79 Å². The molecule has 0 aliphatic rings. The van der Waals surface area contributed by atoms with Gasteiger partial charge in [-0.05, 0) is 47.7 Å². The summed E-state index contributed by atoms with van der Waals surface area (Å²) >= 11 is 6.80. The van der Waals surface area contributed by atoms with Crippen molar-refractivity contribution in [1.82, 2.24) is 10.2 Å². The summed E-state index contributed by atoms with van der Waals surface area (Å²) < 4.78 is 18.4. The van der Waals surface area contributed by atoms with Crippen LogP contribution in [0, 0.1) is 5.82 Å². The smallest absolute Gasteiger partial charge is 0.281 e. The number of carbonyl (C=O) groups is 1. The van der Waals surface area contributed by atoms with Crippen LogP contribution >= 0.6 is 23.4 Å². The van der Waals surface area contributed by atoms with E-state index < -0.39 is 11.8 Å². The molecule has 0 N–H and O–H groups in total. The first-order chi connectivity index (χ1) is 12.0. The van der Waals surface area contributed by atoms with Crippen molar-refractivity contribution < 1.29 is 18.7 Å². The van der Waals surface area contributed by atoms with Gasteiger partial charge in [-0.1, -0.05) is 35.9 Å². The maximum Gasteiger partial charge on any atom is 0.281 e. The molecule has 0 saturated heterocycles. The van der Waals surface area contributed by atoms with E-state index in [9.17, 15) is 14.3 Å². The van der Waals surface area contributed by atoms with Gasteiger partial charge in [-0.15, -0.1) is 10.2 Å². The predicted molar refractivity (Wildman–Crippen MR) is 90.0 cm³/mol. The summed E-state index contributed by atoms with van der Waals surface area (Å²) in [4.78, 5) is 11.2. The number of hydrogen-bond donors (Lipinski definition) is 0. The first-order valence-electron chi connectivity index (χ1n) is 6.98. The third kappa shape index (κ3) is 4.26. The molecular weight excluding hydrogens is 367 g/mol. The molecule has 0 bridgehead atoms. The van der Waals surface area contributed by atoms with Gasteiger partial charge in [-0.2, -0.15) is 0 Å². The first-order valence-corrected chi connectivity index (χ1v) is 8.17. The molecule has 5 nitrogen and oxygen atoms in total. The highest BCUT2D eigenvalue weighted by Gasteiger charge is 2.14. The average Bonchev–Trinajstić information content (AvgIpc) is 3.05. The zero-order valence-corrected chi connectivity index (χ0v) is 14.1. The summed E-state index contributed by atoms with van der Waals surface area (Å²) in [6, 6.07) is 12.3. The van der Waals surface area contributed by atoms with Crippen molar-refractivity contribution in [2.75, 3.05) is 0 Å². The molecular formula is C17H9ClFN2O3S-. The zero-order chi connectivity index (χ0) is 17.8. The highest BCUT2D eigenvalue weighted by atomic mass is 35.5. The molecule has 0 saturated carbocycles. The van der Waals surface area contributed by atoms with Gasteiger partial charge in [0.2, 0.25) is 5.89 Å². The second-order valence-electron chi connectivity index (χ2n) is 4.80. The molecule has 0 fully saturated rings. The molecule has 1 aromatic heterocycles. The third-order valence-corrected chi connectivity index (χ3v) is 4.25. The number of halogens is 2. The van der Waals surface area contributed by atoms with Crippen molar-refractivity contribution in [2.24, 2.45) is 0 Å². The lowest BCUT2D eigenvalue weighted by atomic mass is 10.2. The van der Waals surface area contributed by atoms with Crippen LogP contribution < -0.4 is 5.11 Å². The second kappa shape index (κ2) is 7.50. The third-order valence-electron chi connectivity index (χ3n) is 3.08. The van der Waals surface area contributed by atoms with Gasteiger partial charge >= 0.3 is 0 Å². The van der Waals surface area contributed by atoms with E-state index in [0.717, 1.165) is 11.8 Å². The first kappa shape index (κ1) is 17.2. The quantitative estimate of drug-likeness (QED) is 0.502. The minimum Gasteiger partial charge on any atom is -0.544 e. The Bertz CT molecular complexity index is 941. The number of thioether (sulfide) groups is 1. The van der Waals surface area contributed by atoms with Crippen molar-refractivity contribution in [3.05, 3.63) is 69.8 Å². The summed E-state index contributed by atoms with van der Waals surface area (Å²) in [5, 5.41) is 19.5. The SMILES string of the molecule is O=C([O-])/C(=C\c1ccc(F)cc1)Sc1nnc(-c2ccccc2Cl)o1. The number of carbonyl (C=O) groups excluding carboxylic acids is 1. The monoisotopic (exact) mass is 375 g/mol. The van der Waals surface area contributed by atoms with Crippen LogP contribution in [0.3, 0.4) is 0 Å². The van der Waals surface area contributed by atoms with Crippen LogP contribution in [0.1, 0.15) is 5.56 Å². The number of aromatic nitrogens is 2. The van der Waals surface area contributed by atoms with Gasteiger partial charge in [0.05, 0.1) is 16.6 Å². The van der Waals surface area contributed by atoms with E-state index in [-0.39, 0.29) is 16.0 Å². The van der Waals surface area contributed by atoms with E-state index in [1.54, 1.807) is 24.3 Å². The van der Waals surface area contributed by atoms with Crippen molar-refractivity contribution >= 4 is 35.4 Å². The molecule has 0 radical (unpaired) electrons. The zero-order valence-electron chi connectivity index (χ0n) is 12.5. The molecule has 2 aromatic carbocycles. The summed E-state index contributed by atoms with van der Waals surface area (Å²) in [6.07, 6.45) is 1.33. The summed E-state index contributed by atoms with van der Waals surface area (Å²) in [5.41, 5.74) is 1.04. The molecule has 0 atom stereocenters. The Labute approximate surface area is 151 Å². The van der Waals surface area contributed by atoms with Gasteiger partial charge in [0, 0.05) is 4.91 Å².